The summed E-state index contributed by atoms with van der Waals surface area (Å²) in [5.74, 6) is 0.307. The average molecular weight is 181 g/mol. The van der Waals surface area contributed by atoms with E-state index in [1.165, 1.54) is 0 Å². The minimum atomic E-state index is 0. The summed E-state index contributed by atoms with van der Waals surface area (Å²) in [6, 6.07) is 13.3. The minimum absolute atomic E-state index is 0. The van der Waals surface area contributed by atoms with Crippen molar-refractivity contribution in [3.63, 3.8) is 0 Å². The molecule has 2 rings (SSSR count). The van der Waals surface area contributed by atoms with Crippen molar-refractivity contribution in [1.82, 2.24) is 0 Å². The van der Waals surface area contributed by atoms with E-state index in [1.54, 1.807) is 12.1 Å². The molecule has 1 N–H and O–H groups in total. The molecule has 0 amide bonds. The van der Waals surface area contributed by atoms with Gasteiger partial charge in [0.1, 0.15) is 5.75 Å². The first kappa shape index (κ1) is 8.88. The number of fused-ring (bicyclic) bond motifs is 1. The van der Waals surface area contributed by atoms with Crippen LogP contribution in [0.15, 0.2) is 42.5 Å². The van der Waals surface area contributed by atoms with Gasteiger partial charge < -0.3 is 5.11 Å². The van der Waals surface area contributed by atoms with Gasteiger partial charge in [0.2, 0.25) is 0 Å². The predicted octanol–water partition coefficient (Wildman–Crippen LogP) is 2.92. The first-order valence-corrected chi connectivity index (χ1v) is 3.54. The summed E-state index contributed by atoms with van der Waals surface area (Å²) in [6.07, 6.45) is 0. The van der Waals surface area contributed by atoms with Gasteiger partial charge in [0.25, 0.3) is 0 Å². The van der Waals surface area contributed by atoms with E-state index in [-0.39, 0.29) is 12.4 Å². The summed E-state index contributed by atoms with van der Waals surface area (Å²) in [6.45, 7) is 0. The topological polar surface area (TPSA) is 20.2 Å². The molecular weight excluding hydrogens is 172 g/mol. The predicted molar refractivity (Wildman–Crippen MR) is 52.0 cm³/mol. The van der Waals surface area contributed by atoms with Crippen LogP contribution in [-0.4, -0.2) is 5.11 Å². The summed E-state index contributed by atoms with van der Waals surface area (Å²) < 4.78 is 0. The lowest BCUT2D eigenvalue weighted by Crippen LogP contribution is -1.59. The zero-order chi connectivity index (χ0) is 7.68. The number of halogens is 1. The van der Waals surface area contributed by atoms with Gasteiger partial charge in [0, 0.05) is 0 Å². The second-order valence-corrected chi connectivity index (χ2v) is 2.53. The molecule has 0 bridgehead atoms. The lowest BCUT2D eigenvalue weighted by Gasteiger charge is -1.85. The van der Waals surface area contributed by atoms with Crippen LogP contribution >= 0.6 is 12.4 Å². The number of hydrogen-bond donors (Lipinski definition) is 1. The molecule has 2 aliphatic rings. The van der Waals surface area contributed by atoms with E-state index < -0.39 is 0 Å². The molecule has 2 heteroatoms. The van der Waals surface area contributed by atoms with Gasteiger partial charge in [-0.2, -0.15) is 0 Å². The van der Waals surface area contributed by atoms with Crippen LogP contribution in [0.3, 0.4) is 0 Å². The normalized spacial score (nSPS) is 9.33. The third kappa shape index (κ3) is 1.51. The monoisotopic (exact) mass is 180 g/mol. The Labute approximate surface area is 77.4 Å². The molecule has 0 saturated heterocycles. The zero-order valence-electron chi connectivity index (χ0n) is 6.40. The van der Waals surface area contributed by atoms with Crippen LogP contribution in [0.2, 0.25) is 0 Å². The van der Waals surface area contributed by atoms with Gasteiger partial charge in [-0.1, -0.05) is 30.3 Å². The van der Waals surface area contributed by atoms with Gasteiger partial charge >= 0.3 is 0 Å². The Kier molecular flexibility index (Phi) is 2.56. The van der Waals surface area contributed by atoms with Crippen LogP contribution in [-0.2, 0) is 0 Å². The average Bonchev–Trinajstić information content (AvgIpc) is 2.38. The van der Waals surface area contributed by atoms with Crippen molar-refractivity contribution in [3.8, 4) is 16.9 Å². The largest absolute Gasteiger partial charge is 0.508 e. The SMILES string of the molecule is Cl.Oc1ccc2cccc-2cc1. The molecular formula is C10H9ClO. The Bertz CT molecular complexity index is 315. The molecule has 62 valence electrons. The third-order valence-corrected chi connectivity index (χ3v) is 1.75. The van der Waals surface area contributed by atoms with E-state index in [2.05, 4.69) is 0 Å². The van der Waals surface area contributed by atoms with E-state index >= 15 is 0 Å². The smallest absolute Gasteiger partial charge is 0.115 e. The number of hydrogen-bond acceptors (Lipinski definition) is 1. The fraction of sp³-hybridized carbons (Fsp3) is 0. The number of aromatic hydroxyl groups is 1. The Morgan fingerprint density at radius 3 is 1.75 bits per heavy atom. The lowest BCUT2D eigenvalue weighted by molar-refractivity contribution is 0.476. The van der Waals surface area contributed by atoms with Gasteiger partial charge in [0.15, 0.2) is 0 Å². The Hall–Kier alpha value is -1.21. The summed E-state index contributed by atoms with van der Waals surface area (Å²) in [7, 11) is 0. The summed E-state index contributed by atoms with van der Waals surface area (Å²) in [5, 5.41) is 9.12. The van der Waals surface area contributed by atoms with Crippen molar-refractivity contribution >= 4 is 12.4 Å². The maximum absolute atomic E-state index is 9.12. The van der Waals surface area contributed by atoms with Crippen molar-refractivity contribution in [2.24, 2.45) is 0 Å². The van der Waals surface area contributed by atoms with Crippen molar-refractivity contribution in [1.29, 1.82) is 0 Å². The van der Waals surface area contributed by atoms with E-state index in [9.17, 15) is 0 Å². The Morgan fingerprint density at radius 2 is 1.25 bits per heavy atom. The van der Waals surface area contributed by atoms with E-state index in [0.29, 0.717) is 5.75 Å². The Morgan fingerprint density at radius 1 is 0.750 bits per heavy atom. The quantitative estimate of drug-likeness (QED) is 0.661. The summed E-state index contributed by atoms with van der Waals surface area (Å²) in [4.78, 5) is 0. The van der Waals surface area contributed by atoms with E-state index in [0.717, 1.165) is 11.1 Å². The first-order valence-electron chi connectivity index (χ1n) is 3.54. The molecule has 2 aliphatic carbocycles. The van der Waals surface area contributed by atoms with Crippen molar-refractivity contribution in [2.75, 3.05) is 0 Å². The molecule has 0 unspecified atom stereocenters. The Balaban J connectivity index is 0.000000720. The molecule has 0 heterocycles. The van der Waals surface area contributed by atoms with Crippen molar-refractivity contribution in [2.45, 2.75) is 0 Å². The fourth-order valence-electron chi connectivity index (χ4n) is 1.16. The molecule has 0 spiro atoms. The molecule has 12 heavy (non-hydrogen) atoms. The second kappa shape index (κ2) is 3.46. The molecule has 0 radical (unpaired) electrons. The van der Waals surface area contributed by atoms with Crippen LogP contribution in [0.25, 0.3) is 11.1 Å². The van der Waals surface area contributed by atoms with Gasteiger partial charge in [-0.3, -0.25) is 0 Å². The van der Waals surface area contributed by atoms with Crippen LogP contribution in [0.1, 0.15) is 0 Å². The first-order chi connectivity index (χ1) is 5.36. The van der Waals surface area contributed by atoms with Crippen LogP contribution in [0.5, 0.6) is 5.75 Å². The highest BCUT2D eigenvalue weighted by Gasteiger charge is 1.97. The van der Waals surface area contributed by atoms with Crippen LogP contribution in [0, 0.1) is 0 Å². The highest BCUT2D eigenvalue weighted by molar-refractivity contribution is 5.85. The molecule has 0 aromatic carbocycles. The van der Waals surface area contributed by atoms with E-state index in [1.807, 2.05) is 30.3 Å². The van der Waals surface area contributed by atoms with Crippen molar-refractivity contribution < 1.29 is 5.11 Å². The zero-order valence-corrected chi connectivity index (χ0v) is 7.21. The highest BCUT2D eigenvalue weighted by Crippen LogP contribution is 2.22. The lowest BCUT2D eigenvalue weighted by atomic mass is 10.2. The molecule has 0 aromatic rings. The standard InChI is InChI=1S/C10H8O.ClH/c11-10-6-4-8-2-1-3-9(8)5-7-10;/h1-7,11H;1H. The molecule has 0 fully saturated rings. The minimum Gasteiger partial charge on any atom is -0.508 e. The molecule has 0 aliphatic heterocycles. The summed E-state index contributed by atoms with van der Waals surface area (Å²) in [5.41, 5.74) is 2.32. The summed E-state index contributed by atoms with van der Waals surface area (Å²) >= 11 is 0. The van der Waals surface area contributed by atoms with Crippen LogP contribution in [0.4, 0.5) is 0 Å². The molecule has 1 nitrogen and oxygen atoms in total. The molecule has 0 saturated carbocycles. The maximum Gasteiger partial charge on any atom is 0.115 e. The number of rotatable bonds is 0. The third-order valence-electron chi connectivity index (χ3n) is 1.75. The molecule has 0 atom stereocenters. The molecule has 0 aromatic heterocycles. The van der Waals surface area contributed by atoms with Crippen LogP contribution < -0.4 is 0 Å². The maximum atomic E-state index is 9.12. The van der Waals surface area contributed by atoms with Gasteiger partial charge in [0.05, 0.1) is 0 Å². The van der Waals surface area contributed by atoms with Gasteiger partial charge in [-0.15, -0.1) is 12.4 Å². The van der Waals surface area contributed by atoms with Gasteiger partial charge in [-0.05, 0) is 23.3 Å². The second-order valence-electron chi connectivity index (χ2n) is 2.53. The van der Waals surface area contributed by atoms with Crippen molar-refractivity contribution in [3.05, 3.63) is 42.5 Å². The van der Waals surface area contributed by atoms with E-state index in [4.69, 9.17) is 5.11 Å². The van der Waals surface area contributed by atoms with Gasteiger partial charge in [-0.25, -0.2) is 0 Å². The highest BCUT2D eigenvalue weighted by atomic mass is 35.5. The fourth-order valence-corrected chi connectivity index (χ4v) is 1.16.